The molecule has 2 aromatic rings. The summed E-state index contributed by atoms with van der Waals surface area (Å²) in [4.78, 5) is 25.5. The van der Waals surface area contributed by atoms with E-state index in [-0.39, 0.29) is 25.9 Å². The Morgan fingerprint density at radius 1 is 1.05 bits per heavy atom. The van der Waals surface area contributed by atoms with Gasteiger partial charge in [0.1, 0.15) is 11.6 Å². The topological polar surface area (TPSA) is 61.2 Å². The molecule has 0 fully saturated rings. The molecule has 0 saturated heterocycles. The fourth-order valence-corrected chi connectivity index (χ4v) is 2.69. The van der Waals surface area contributed by atoms with Gasteiger partial charge in [-0.05, 0) is 46.9 Å². The molecule has 0 unspecified atom stereocenters. The first-order valence-electron chi connectivity index (χ1n) is 5.92. The van der Waals surface area contributed by atoms with Crippen LogP contribution in [-0.2, 0) is 0 Å². The molecule has 21 heavy (non-hydrogen) atoms. The second-order valence-electron chi connectivity index (χ2n) is 4.36. The summed E-state index contributed by atoms with van der Waals surface area (Å²) in [6.07, 6.45) is 0. The Morgan fingerprint density at radius 2 is 1.62 bits per heavy atom. The van der Waals surface area contributed by atoms with Gasteiger partial charge in [-0.2, -0.15) is 5.26 Å². The van der Waals surface area contributed by atoms with E-state index in [4.69, 9.17) is 5.26 Å². The largest absolute Gasteiger partial charge is 0.268 e. The smallest absolute Gasteiger partial charge is 0.266 e. The first-order chi connectivity index (χ1) is 10.1. The fraction of sp³-hybridized carbons (Fsp3) is 0. The second kappa shape index (κ2) is 4.93. The summed E-state index contributed by atoms with van der Waals surface area (Å²) in [5.74, 6) is -1.83. The van der Waals surface area contributed by atoms with Crippen molar-refractivity contribution < 1.29 is 14.0 Å². The van der Waals surface area contributed by atoms with Gasteiger partial charge in [0.15, 0.2) is 5.82 Å². The number of rotatable bonds is 1. The number of halogens is 2. The second-order valence-corrected chi connectivity index (χ2v) is 5.52. The third-order valence-corrected chi connectivity index (χ3v) is 4.05. The third kappa shape index (κ3) is 1.93. The lowest BCUT2D eigenvalue weighted by Gasteiger charge is -2.16. The van der Waals surface area contributed by atoms with E-state index in [0.29, 0.717) is 0 Å². The molecule has 0 radical (unpaired) electrons. The molecule has 0 atom stereocenters. The Hall–Kier alpha value is -2.27. The number of nitriles is 1. The highest BCUT2D eigenvalue weighted by Gasteiger charge is 2.38. The number of amides is 2. The van der Waals surface area contributed by atoms with Crippen molar-refractivity contribution in [2.75, 3.05) is 4.90 Å². The highest BCUT2D eigenvalue weighted by molar-refractivity contribution is 14.1. The van der Waals surface area contributed by atoms with Gasteiger partial charge in [-0.1, -0.05) is 12.1 Å². The summed E-state index contributed by atoms with van der Waals surface area (Å²) in [7, 11) is 0. The molecule has 0 spiro atoms. The van der Waals surface area contributed by atoms with Crippen molar-refractivity contribution in [2.45, 2.75) is 0 Å². The highest BCUT2D eigenvalue weighted by atomic mass is 127. The van der Waals surface area contributed by atoms with E-state index in [9.17, 15) is 14.0 Å². The molecule has 6 heteroatoms. The summed E-state index contributed by atoms with van der Waals surface area (Å²) in [5, 5.41) is 9.13. The van der Waals surface area contributed by atoms with E-state index in [0.717, 1.165) is 4.90 Å². The minimum Gasteiger partial charge on any atom is -0.268 e. The maximum Gasteiger partial charge on any atom is 0.266 e. The van der Waals surface area contributed by atoms with E-state index < -0.39 is 17.6 Å². The van der Waals surface area contributed by atoms with E-state index in [2.05, 4.69) is 0 Å². The lowest BCUT2D eigenvalue weighted by atomic mass is 10.1. The van der Waals surface area contributed by atoms with E-state index in [1.165, 1.54) is 24.3 Å². The van der Waals surface area contributed by atoms with Gasteiger partial charge >= 0.3 is 0 Å². The maximum atomic E-state index is 14.0. The van der Waals surface area contributed by atoms with Gasteiger partial charge in [-0.15, -0.1) is 0 Å². The van der Waals surface area contributed by atoms with Crippen LogP contribution in [0, 0.1) is 20.7 Å². The van der Waals surface area contributed by atoms with Crippen LogP contribution in [0.2, 0.25) is 0 Å². The van der Waals surface area contributed by atoms with Crippen LogP contribution >= 0.6 is 22.6 Å². The maximum absolute atomic E-state index is 14.0. The van der Waals surface area contributed by atoms with Crippen LogP contribution in [0.1, 0.15) is 26.3 Å². The minimum absolute atomic E-state index is 0.0263. The zero-order chi connectivity index (χ0) is 15.1. The molecule has 0 aromatic heterocycles. The number of nitrogens with zero attached hydrogens (tertiary/aromatic N) is 2. The van der Waals surface area contributed by atoms with E-state index in [1.807, 2.05) is 0 Å². The van der Waals surface area contributed by atoms with Crippen molar-refractivity contribution in [1.82, 2.24) is 0 Å². The molecule has 1 heterocycles. The molecule has 3 rings (SSSR count). The Morgan fingerprint density at radius 3 is 2.14 bits per heavy atom. The molecule has 0 saturated carbocycles. The first-order valence-corrected chi connectivity index (χ1v) is 7.00. The van der Waals surface area contributed by atoms with E-state index in [1.54, 1.807) is 40.8 Å². The third-order valence-electron chi connectivity index (χ3n) is 3.22. The quantitative estimate of drug-likeness (QED) is 0.554. The molecule has 102 valence electrons. The summed E-state index contributed by atoms with van der Waals surface area (Å²) in [6, 6.07) is 10.9. The molecule has 0 N–H and O–H groups in total. The number of carbonyl (C=O) groups excluding carboxylic acids is 2. The Bertz CT molecular complexity index is 807. The van der Waals surface area contributed by atoms with Gasteiger partial charge in [0, 0.05) is 0 Å². The number of anilines is 1. The Kier molecular flexibility index (Phi) is 3.22. The SMILES string of the molecule is N#Cc1c(N2C(=O)c3ccccc3C2=O)ccc(I)c1F. The predicted octanol–water partition coefficient (Wildman–Crippen LogP) is 3.10. The molecule has 0 aliphatic carbocycles. The number of fused-ring (bicyclic) bond motifs is 1. The zero-order valence-electron chi connectivity index (χ0n) is 10.4. The van der Waals surface area contributed by atoms with E-state index >= 15 is 0 Å². The van der Waals surface area contributed by atoms with Crippen molar-refractivity contribution in [1.29, 1.82) is 5.26 Å². The molecule has 1 aliphatic heterocycles. The summed E-state index contributed by atoms with van der Waals surface area (Å²) in [5.41, 5.74) is 0.175. The molecular weight excluding hydrogens is 386 g/mol. The van der Waals surface area contributed by atoms with Gasteiger partial charge in [0.05, 0.1) is 20.4 Å². The van der Waals surface area contributed by atoms with Gasteiger partial charge in [0.2, 0.25) is 0 Å². The van der Waals surface area contributed by atoms with Crippen LogP contribution in [-0.4, -0.2) is 11.8 Å². The summed E-state index contributed by atoms with van der Waals surface area (Å²) >= 11 is 1.75. The van der Waals surface area contributed by atoms with Crippen molar-refractivity contribution in [3.8, 4) is 6.07 Å². The standard InChI is InChI=1S/C15H6FIN2O2/c16-13-10(7-18)12(6-5-11(13)17)19-14(20)8-3-1-2-4-9(8)15(19)21/h1-6H. The van der Waals surface area contributed by atoms with Gasteiger partial charge in [0.25, 0.3) is 11.8 Å². The molecule has 4 nitrogen and oxygen atoms in total. The first kappa shape index (κ1) is 13.7. The molecule has 0 bridgehead atoms. The molecule has 1 aliphatic rings. The van der Waals surface area contributed by atoms with Crippen LogP contribution in [0.5, 0.6) is 0 Å². The average Bonchev–Trinajstić information content (AvgIpc) is 2.74. The highest BCUT2D eigenvalue weighted by Crippen LogP contribution is 2.32. The zero-order valence-corrected chi connectivity index (χ0v) is 12.6. The van der Waals surface area contributed by atoms with Crippen LogP contribution in [0.3, 0.4) is 0 Å². The number of carbonyl (C=O) groups is 2. The van der Waals surface area contributed by atoms with Crippen LogP contribution in [0.4, 0.5) is 10.1 Å². The number of hydrogen-bond acceptors (Lipinski definition) is 3. The van der Waals surface area contributed by atoms with Gasteiger partial charge < -0.3 is 0 Å². The van der Waals surface area contributed by atoms with Crippen molar-refractivity contribution in [2.24, 2.45) is 0 Å². The number of hydrogen-bond donors (Lipinski definition) is 0. The molecule has 2 amide bonds. The summed E-state index contributed by atoms with van der Waals surface area (Å²) < 4.78 is 14.3. The fourth-order valence-electron chi connectivity index (χ4n) is 2.24. The van der Waals surface area contributed by atoms with Gasteiger partial charge in [-0.25, -0.2) is 9.29 Å². The van der Waals surface area contributed by atoms with Crippen LogP contribution < -0.4 is 4.90 Å². The monoisotopic (exact) mass is 392 g/mol. The van der Waals surface area contributed by atoms with Crippen LogP contribution in [0.25, 0.3) is 0 Å². The molecular formula is C15H6FIN2O2. The Labute approximate surface area is 132 Å². The number of imide groups is 1. The lowest BCUT2D eigenvalue weighted by Crippen LogP contribution is -2.30. The average molecular weight is 392 g/mol. The normalized spacial score (nSPS) is 13.3. The number of benzene rings is 2. The van der Waals surface area contributed by atoms with Crippen molar-refractivity contribution >= 4 is 40.1 Å². The minimum atomic E-state index is -0.729. The Balaban J connectivity index is 2.21. The summed E-state index contributed by atoms with van der Waals surface area (Å²) in [6.45, 7) is 0. The molecule has 2 aromatic carbocycles. The van der Waals surface area contributed by atoms with Gasteiger partial charge in [-0.3, -0.25) is 9.59 Å². The predicted molar refractivity (Wildman–Crippen MR) is 81.4 cm³/mol. The van der Waals surface area contributed by atoms with Crippen molar-refractivity contribution in [3.05, 3.63) is 62.5 Å². The van der Waals surface area contributed by atoms with Crippen molar-refractivity contribution in [3.63, 3.8) is 0 Å². The lowest BCUT2D eigenvalue weighted by molar-refractivity contribution is 0.0926. The van der Waals surface area contributed by atoms with Crippen LogP contribution in [0.15, 0.2) is 36.4 Å².